The lowest BCUT2D eigenvalue weighted by molar-refractivity contribution is -0.385. The fraction of sp³-hybridized carbons (Fsp3) is 0.500. The van der Waals surface area contributed by atoms with Crippen molar-refractivity contribution in [3.8, 4) is 0 Å². The molecule has 1 aromatic carbocycles. The molecule has 0 amide bonds. The third-order valence-corrected chi connectivity index (χ3v) is 4.13. The normalized spacial score (nSPS) is 17.8. The van der Waals surface area contributed by atoms with E-state index < -0.39 is 16.3 Å². The number of benzene rings is 1. The molecule has 1 aromatic rings. The number of aliphatic carboxylic acids is 1. The Labute approximate surface area is 117 Å². The van der Waals surface area contributed by atoms with Gasteiger partial charge in [0.15, 0.2) is 0 Å². The van der Waals surface area contributed by atoms with Gasteiger partial charge in [-0.3, -0.25) is 14.9 Å². The average Bonchev–Trinajstić information content (AvgIpc) is 2.38. The molecular weight excluding hydrogens is 260 g/mol. The molecule has 20 heavy (non-hydrogen) atoms. The molecule has 0 bridgehead atoms. The van der Waals surface area contributed by atoms with Crippen molar-refractivity contribution < 1.29 is 14.8 Å². The fourth-order valence-electron chi connectivity index (χ4n) is 2.51. The molecule has 6 heteroatoms. The zero-order valence-electron chi connectivity index (χ0n) is 11.6. The van der Waals surface area contributed by atoms with Crippen molar-refractivity contribution in [3.05, 3.63) is 33.9 Å². The van der Waals surface area contributed by atoms with Gasteiger partial charge in [0, 0.05) is 30.4 Å². The molecule has 0 aliphatic carbocycles. The lowest BCUT2D eigenvalue weighted by Gasteiger charge is -2.37. The molecule has 1 heterocycles. The molecule has 0 radical (unpaired) electrons. The number of hydrogen-bond donors (Lipinski definition) is 1. The predicted octanol–water partition coefficient (Wildman–Crippen LogP) is 2.59. The maximum absolute atomic E-state index is 11.2. The van der Waals surface area contributed by atoms with Gasteiger partial charge in [0.25, 0.3) is 5.69 Å². The highest BCUT2D eigenvalue weighted by molar-refractivity contribution is 5.74. The summed E-state index contributed by atoms with van der Waals surface area (Å²) in [5, 5.41) is 20.0. The maximum Gasteiger partial charge on any atom is 0.309 e. The van der Waals surface area contributed by atoms with E-state index in [1.54, 1.807) is 26.0 Å². The van der Waals surface area contributed by atoms with Gasteiger partial charge in [0.05, 0.1) is 10.3 Å². The molecule has 1 saturated heterocycles. The number of nitro benzene ring substituents is 1. The molecule has 0 saturated carbocycles. The first kappa shape index (κ1) is 14.3. The molecule has 0 spiro atoms. The van der Waals surface area contributed by atoms with Gasteiger partial charge in [-0.1, -0.05) is 0 Å². The van der Waals surface area contributed by atoms with Gasteiger partial charge in [0.1, 0.15) is 0 Å². The Kier molecular flexibility index (Phi) is 3.65. The first-order chi connectivity index (χ1) is 9.33. The standard InChI is InChI=1S/C14H18N2O4/c1-10-9-11(3-4-12(10)16(19)20)15-7-5-14(2,6-8-15)13(17)18/h3-4,9H,5-8H2,1-2H3,(H,17,18). The second-order valence-electron chi connectivity index (χ2n) is 5.58. The van der Waals surface area contributed by atoms with Crippen LogP contribution in [0.25, 0.3) is 0 Å². The quantitative estimate of drug-likeness (QED) is 0.678. The summed E-state index contributed by atoms with van der Waals surface area (Å²) in [4.78, 5) is 23.7. The van der Waals surface area contributed by atoms with Crippen LogP contribution in [0.4, 0.5) is 11.4 Å². The molecule has 0 aromatic heterocycles. The zero-order valence-corrected chi connectivity index (χ0v) is 11.6. The first-order valence-electron chi connectivity index (χ1n) is 6.57. The molecule has 1 aliphatic heterocycles. The van der Waals surface area contributed by atoms with Gasteiger partial charge < -0.3 is 10.0 Å². The molecule has 1 aliphatic rings. The topological polar surface area (TPSA) is 83.7 Å². The van der Waals surface area contributed by atoms with E-state index >= 15 is 0 Å². The number of carboxylic acid groups (broad SMARTS) is 1. The Hall–Kier alpha value is -2.11. The summed E-state index contributed by atoms with van der Waals surface area (Å²) in [6.45, 7) is 4.79. The van der Waals surface area contributed by atoms with Gasteiger partial charge in [-0.2, -0.15) is 0 Å². The van der Waals surface area contributed by atoms with E-state index in [0.717, 1.165) is 5.69 Å². The summed E-state index contributed by atoms with van der Waals surface area (Å²) < 4.78 is 0. The summed E-state index contributed by atoms with van der Waals surface area (Å²) in [6.07, 6.45) is 1.16. The van der Waals surface area contributed by atoms with E-state index in [2.05, 4.69) is 4.90 Å². The van der Waals surface area contributed by atoms with Gasteiger partial charge >= 0.3 is 5.97 Å². The van der Waals surface area contributed by atoms with E-state index in [0.29, 0.717) is 31.5 Å². The Morgan fingerprint density at radius 3 is 2.45 bits per heavy atom. The van der Waals surface area contributed by atoms with Crippen LogP contribution in [0, 0.1) is 22.5 Å². The van der Waals surface area contributed by atoms with Crippen LogP contribution in [0.3, 0.4) is 0 Å². The number of carboxylic acids is 1. The molecule has 2 rings (SSSR count). The van der Waals surface area contributed by atoms with E-state index in [-0.39, 0.29) is 5.69 Å². The molecule has 1 fully saturated rings. The highest BCUT2D eigenvalue weighted by Gasteiger charge is 2.36. The fourth-order valence-corrected chi connectivity index (χ4v) is 2.51. The number of carbonyl (C=O) groups is 1. The third-order valence-electron chi connectivity index (χ3n) is 4.13. The van der Waals surface area contributed by atoms with Gasteiger partial charge in [-0.25, -0.2) is 0 Å². The van der Waals surface area contributed by atoms with Gasteiger partial charge in [-0.15, -0.1) is 0 Å². The zero-order chi connectivity index (χ0) is 14.9. The molecular formula is C14H18N2O4. The van der Waals surface area contributed by atoms with Crippen molar-refractivity contribution in [1.29, 1.82) is 0 Å². The molecule has 0 atom stereocenters. The predicted molar refractivity (Wildman–Crippen MR) is 75.0 cm³/mol. The van der Waals surface area contributed by atoms with Crippen molar-refractivity contribution in [2.75, 3.05) is 18.0 Å². The largest absolute Gasteiger partial charge is 0.481 e. The number of rotatable bonds is 3. The van der Waals surface area contributed by atoms with Crippen LogP contribution in [-0.2, 0) is 4.79 Å². The summed E-state index contributed by atoms with van der Waals surface area (Å²) in [7, 11) is 0. The monoisotopic (exact) mass is 278 g/mol. The smallest absolute Gasteiger partial charge is 0.309 e. The number of anilines is 1. The number of nitro groups is 1. The number of aryl methyl sites for hydroxylation is 1. The van der Waals surface area contributed by atoms with E-state index in [1.807, 2.05) is 0 Å². The summed E-state index contributed by atoms with van der Waals surface area (Å²) in [5.41, 5.74) is 0.993. The molecule has 0 unspecified atom stereocenters. The van der Waals surface area contributed by atoms with Crippen LogP contribution in [-0.4, -0.2) is 29.1 Å². The lowest BCUT2D eigenvalue weighted by atomic mass is 9.80. The summed E-state index contributed by atoms with van der Waals surface area (Å²) in [5.74, 6) is -0.753. The minimum atomic E-state index is -0.753. The summed E-state index contributed by atoms with van der Waals surface area (Å²) in [6, 6.07) is 5.03. The minimum absolute atomic E-state index is 0.112. The minimum Gasteiger partial charge on any atom is -0.481 e. The van der Waals surface area contributed by atoms with Crippen molar-refractivity contribution in [3.63, 3.8) is 0 Å². The van der Waals surface area contributed by atoms with Gasteiger partial charge in [-0.05, 0) is 38.8 Å². The van der Waals surface area contributed by atoms with Crippen LogP contribution in [0.5, 0.6) is 0 Å². The van der Waals surface area contributed by atoms with Crippen LogP contribution >= 0.6 is 0 Å². The van der Waals surface area contributed by atoms with Crippen LogP contribution in [0.15, 0.2) is 18.2 Å². The molecule has 1 N–H and O–H groups in total. The van der Waals surface area contributed by atoms with Crippen molar-refractivity contribution in [2.45, 2.75) is 26.7 Å². The van der Waals surface area contributed by atoms with Crippen LogP contribution in [0.2, 0.25) is 0 Å². The van der Waals surface area contributed by atoms with E-state index in [4.69, 9.17) is 0 Å². The van der Waals surface area contributed by atoms with Crippen LogP contribution < -0.4 is 4.90 Å². The van der Waals surface area contributed by atoms with Crippen molar-refractivity contribution >= 4 is 17.3 Å². The second kappa shape index (κ2) is 5.11. The Bertz CT molecular complexity index is 548. The number of piperidine rings is 1. The Morgan fingerprint density at radius 2 is 2.00 bits per heavy atom. The Morgan fingerprint density at radius 1 is 1.40 bits per heavy atom. The third kappa shape index (κ3) is 2.59. The summed E-state index contributed by atoms with van der Waals surface area (Å²) >= 11 is 0. The first-order valence-corrected chi connectivity index (χ1v) is 6.57. The SMILES string of the molecule is Cc1cc(N2CCC(C)(C(=O)O)CC2)ccc1[N+](=O)[O-]. The number of nitrogens with zero attached hydrogens (tertiary/aromatic N) is 2. The van der Waals surface area contributed by atoms with Crippen LogP contribution in [0.1, 0.15) is 25.3 Å². The van der Waals surface area contributed by atoms with Gasteiger partial charge in [0.2, 0.25) is 0 Å². The second-order valence-corrected chi connectivity index (χ2v) is 5.58. The van der Waals surface area contributed by atoms with Crippen molar-refractivity contribution in [1.82, 2.24) is 0 Å². The number of hydrogen-bond acceptors (Lipinski definition) is 4. The van der Waals surface area contributed by atoms with Crippen molar-refractivity contribution in [2.24, 2.45) is 5.41 Å². The Balaban J connectivity index is 2.13. The highest BCUT2D eigenvalue weighted by Crippen LogP contribution is 2.34. The average molecular weight is 278 g/mol. The lowest BCUT2D eigenvalue weighted by Crippen LogP contribution is -2.42. The van der Waals surface area contributed by atoms with E-state index in [9.17, 15) is 20.0 Å². The molecule has 6 nitrogen and oxygen atoms in total. The highest BCUT2D eigenvalue weighted by atomic mass is 16.6. The molecule has 108 valence electrons. The van der Waals surface area contributed by atoms with E-state index in [1.165, 1.54) is 6.07 Å². The maximum atomic E-state index is 11.2.